The summed E-state index contributed by atoms with van der Waals surface area (Å²) in [4.78, 5) is 0. The molecule has 0 spiro atoms. The summed E-state index contributed by atoms with van der Waals surface area (Å²) in [6.45, 7) is 11.2. The van der Waals surface area contributed by atoms with Crippen LogP contribution in [0.2, 0.25) is 0 Å². The minimum Gasteiger partial charge on any atom is -0.429 e. The van der Waals surface area contributed by atoms with Crippen molar-refractivity contribution < 1.29 is 19.9 Å². The number of aliphatic hydroxyl groups is 1. The van der Waals surface area contributed by atoms with E-state index in [4.69, 9.17) is 14.8 Å². The Labute approximate surface area is 86.5 Å². The Kier molecular flexibility index (Phi) is 8.05. The van der Waals surface area contributed by atoms with Crippen LogP contribution < -0.4 is 0 Å². The molecule has 0 heterocycles. The Bertz CT molecular complexity index is 151. The van der Waals surface area contributed by atoms with Gasteiger partial charge < -0.3 is 19.9 Å². The molecule has 1 radical (unpaired) electrons. The monoisotopic (exact) mass is 203 g/mol. The van der Waals surface area contributed by atoms with Crippen molar-refractivity contribution in [2.75, 3.05) is 6.61 Å². The summed E-state index contributed by atoms with van der Waals surface area (Å²) < 4.78 is 5.38. The summed E-state index contributed by atoms with van der Waals surface area (Å²) in [5.41, 5.74) is -1.35. The van der Waals surface area contributed by atoms with Crippen LogP contribution in [0, 0.1) is 0 Å². The van der Waals surface area contributed by atoms with Gasteiger partial charge in [0.15, 0.2) is 0 Å². The van der Waals surface area contributed by atoms with E-state index in [2.05, 4.69) is 6.58 Å². The van der Waals surface area contributed by atoms with Crippen LogP contribution in [-0.2, 0) is 4.74 Å². The van der Waals surface area contributed by atoms with Crippen molar-refractivity contribution in [2.45, 2.75) is 38.9 Å². The van der Waals surface area contributed by atoms with Gasteiger partial charge in [-0.05, 0) is 27.7 Å². The molecule has 0 aromatic rings. The molecule has 0 aromatic heterocycles. The molecule has 0 fully saturated rings. The topological polar surface area (TPSA) is 69.9 Å². The Morgan fingerprint density at radius 1 is 1.29 bits per heavy atom. The van der Waals surface area contributed by atoms with Crippen LogP contribution in [0.5, 0.6) is 0 Å². The van der Waals surface area contributed by atoms with Crippen LogP contribution in [0.25, 0.3) is 0 Å². The molecule has 4 nitrogen and oxygen atoms in total. The van der Waals surface area contributed by atoms with Crippen molar-refractivity contribution in [2.24, 2.45) is 0 Å². The van der Waals surface area contributed by atoms with E-state index in [-0.39, 0.29) is 7.69 Å². The predicted molar refractivity (Wildman–Crippen MR) is 56.7 cm³/mol. The first-order chi connectivity index (χ1) is 6.22. The molecule has 14 heavy (non-hydrogen) atoms. The zero-order valence-corrected chi connectivity index (χ0v) is 9.32. The highest BCUT2D eigenvalue weighted by Crippen LogP contribution is 2.24. The van der Waals surface area contributed by atoms with Crippen molar-refractivity contribution in [3.8, 4) is 0 Å². The third-order valence-corrected chi connectivity index (χ3v) is 2.04. The Hall–Kier alpha value is -0.355. The maximum Gasteiger partial charge on any atom is 0.482 e. The lowest BCUT2D eigenvalue weighted by Gasteiger charge is -2.36. The molecule has 83 valence electrons. The van der Waals surface area contributed by atoms with Crippen molar-refractivity contribution in [3.63, 3.8) is 0 Å². The first kappa shape index (κ1) is 16.1. The number of ether oxygens (including phenoxy) is 1. The maximum absolute atomic E-state index is 9.61. The molecular formula is C9H20BO4. The zero-order valence-electron chi connectivity index (χ0n) is 9.32. The highest BCUT2D eigenvalue weighted by atomic mass is 16.5. The number of hydrogen-bond donors (Lipinski definition) is 3. The van der Waals surface area contributed by atoms with Crippen molar-refractivity contribution in [1.82, 2.24) is 0 Å². The average Bonchev–Trinajstić information content (AvgIpc) is 2.00. The normalized spacial score (nSPS) is 11.4. The molecule has 0 atom stereocenters. The van der Waals surface area contributed by atoms with Gasteiger partial charge in [0, 0.05) is 0 Å². The number of rotatable bonds is 4. The van der Waals surface area contributed by atoms with E-state index >= 15 is 0 Å². The van der Waals surface area contributed by atoms with Gasteiger partial charge in [0.1, 0.15) is 0 Å². The second kappa shape index (κ2) is 7.01. The highest BCUT2D eigenvalue weighted by molar-refractivity contribution is 6.13. The SMILES string of the molecule is C=CCOC(C)(C)C(C)(C)O.O[B]O. The van der Waals surface area contributed by atoms with Gasteiger partial charge in [-0.1, -0.05) is 6.08 Å². The molecule has 0 aliphatic rings. The van der Waals surface area contributed by atoms with Gasteiger partial charge in [0.25, 0.3) is 0 Å². The van der Waals surface area contributed by atoms with E-state index in [1.165, 1.54) is 0 Å². The van der Waals surface area contributed by atoms with Crippen LogP contribution >= 0.6 is 0 Å². The molecule has 3 N–H and O–H groups in total. The maximum atomic E-state index is 9.61. The van der Waals surface area contributed by atoms with Gasteiger partial charge in [-0.15, -0.1) is 6.58 Å². The van der Waals surface area contributed by atoms with E-state index < -0.39 is 11.2 Å². The summed E-state index contributed by atoms with van der Waals surface area (Å²) in [7, 11) is 0. The molecule has 0 amide bonds. The molecule has 0 aromatic carbocycles. The summed E-state index contributed by atoms with van der Waals surface area (Å²) >= 11 is 0. The third kappa shape index (κ3) is 7.09. The third-order valence-electron chi connectivity index (χ3n) is 2.04. The minimum absolute atomic E-state index is 0. The molecule has 0 rings (SSSR count). The Balaban J connectivity index is 0. The van der Waals surface area contributed by atoms with Gasteiger partial charge in [0.05, 0.1) is 17.8 Å². The fourth-order valence-electron chi connectivity index (χ4n) is 0.444. The zero-order chi connectivity index (χ0) is 11.8. The van der Waals surface area contributed by atoms with Gasteiger partial charge in [-0.2, -0.15) is 0 Å². The lowest BCUT2D eigenvalue weighted by molar-refractivity contribution is -0.139. The molecular weight excluding hydrogens is 183 g/mol. The lowest BCUT2D eigenvalue weighted by Crippen LogP contribution is -2.47. The number of hydrogen-bond acceptors (Lipinski definition) is 4. The predicted octanol–water partition coefficient (Wildman–Crippen LogP) is 0.244. The van der Waals surface area contributed by atoms with Crippen LogP contribution in [0.3, 0.4) is 0 Å². The molecule has 0 saturated carbocycles. The summed E-state index contributed by atoms with van der Waals surface area (Å²) in [5.74, 6) is 0. The standard InChI is InChI=1S/C9H18O2.BH2O2/c1-6-7-11-9(4,5)8(2,3)10;2-1-3/h6,10H,1,7H2,2-5H3;2-3H. The van der Waals surface area contributed by atoms with Crippen LogP contribution in [0.15, 0.2) is 12.7 Å². The van der Waals surface area contributed by atoms with Gasteiger partial charge in [-0.25, -0.2) is 0 Å². The quantitative estimate of drug-likeness (QED) is 0.452. The van der Waals surface area contributed by atoms with Crippen LogP contribution in [-0.4, -0.2) is 40.6 Å². The minimum atomic E-state index is -0.823. The second-order valence-corrected chi connectivity index (χ2v) is 3.78. The average molecular weight is 203 g/mol. The van der Waals surface area contributed by atoms with Crippen molar-refractivity contribution in [3.05, 3.63) is 12.7 Å². The fraction of sp³-hybridized carbons (Fsp3) is 0.778. The first-order valence-corrected chi connectivity index (χ1v) is 4.30. The van der Waals surface area contributed by atoms with E-state index in [9.17, 15) is 5.11 Å². The van der Waals surface area contributed by atoms with E-state index in [0.29, 0.717) is 6.61 Å². The van der Waals surface area contributed by atoms with E-state index in [0.717, 1.165) is 0 Å². The molecule has 0 unspecified atom stereocenters. The van der Waals surface area contributed by atoms with Gasteiger partial charge in [-0.3, -0.25) is 0 Å². The van der Waals surface area contributed by atoms with Crippen LogP contribution in [0.4, 0.5) is 0 Å². The fourth-order valence-corrected chi connectivity index (χ4v) is 0.444. The summed E-state index contributed by atoms with van der Waals surface area (Å²) in [5, 5.41) is 23.6. The van der Waals surface area contributed by atoms with Gasteiger partial charge >= 0.3 is 7.69 Å². The highest BCUT2D eigenvalue weighted by Gasteiger charge is 2.35. The second-order valence-electron chi connectivity index (χ2n) is 3.78. The van der Waals surface area contributed by atoms with Gasteiger partial charge in [0.2, 0.25) is 0 Å². The Morgan fingerprint density at radius 2 is 1.64 bits per heavy atom. The van der Waals surface area contributed by atoms with Crippen molar-refractivity contribution >= 4 is 7.69 Å². The van der Waals surface area contributed by atoms with E-state index in [1.54, 1.807) is 19.9 Å². The summed E-state index contributed by atoms with van der Waals surface area (Å²) in [6, 6.07) is 0. The largest absolute Gasteiger partial charge is 0.482 e. The lowest BCUT2D eigenvalue weighted by atomic mass is 9.89. The smallest absolute Gasteiger partial charge is 0.429 e. The van der Waals surface area contributed by atoms with E-state index in [1.807, 2.05) is 13.8 Å². The molecule has 0 aliphatic carbocycles. The summed E-state index contributed by atoms with van der Waals surface area (Å²) in [6.07, 6.45) is 1.67. The Morgan fingerprint density at radius 3 is 1.86 bits per heavy atom. The van der Waals surface area contributed by atoms with Crippen LogP contribution in [0.1, 0.15) is 27.7 Å². The molecule has 0 bridgehead atoms. The first-order valence-electron chi connectivity index (χ1n) is 4.30. The molecule has 0 saturated heterocycles. The molecule has 5 heteroatoms. The van der Waals surface area contributed by atoms with Crippen molar-refractivity contribution in [1.29, 1.82) is 0 Å². The molecule has 0 aliphatic heterocycles.